The highest BCUT2D eigenvalue weighted by Crippen LogP contribution is 2.20. The van der Waals surface area contributed by atoms with Crippen LogP contribution in [0.1, 0.15) is 5.56 Å². The molecule has 0 aliphatic heterocycles. The van der Waals surface area contributed by atoms with Crippen molar-refractivity contribution in [3.63, 3.8) is 0 Å². The Hall–Kier alpha value is -2.06. The van der Waals surface area contributed by atoms with E-state index in [-0.39, 0.29) is 0 Å². The molecule has 2 heteroatoms. The molecule has 98 valence electrons. The van der Waals surface area contributed by atoms with Crippen molar-refractivity contribution in [1.29, 1.82) is 0 Å². The Bertz CT molecular complexity index is 517. The quantitative estimate of drug-likeness (QED) is 0.754. The van der Waals surface area contributed by atoms with E-state index in [1.54, 1.807) is 0 Å². The molecule has 0 fully saturated rings. The first-order valence-electron chi connectivity index (χ1n) is 6.39. The maximum absolute atomic E-state index is 5.99. The molecule has 2 aromatic rings. The molecule has 0 aromatic heterocycles. The summed E-state index contributed by atoms with van der Waals surface area (Å²) in [5.74, 6) is 1.75. The van der Waals surface area contributed by atoms with Gasteiger partial charge in [0.2, 0.25) is 0 Å². The standard InChI is InChI=1S/C17H19NO/c1-18(2)14-13-17(15-9-5-3-6-10-15)19-16-11-7-4-8-12-16/h3-13H,14H2,1-2H3. The van der Waals surface area contributed by atoms with E-state index >= 15 is 0 Å². The fourth-order valence-electron chi connectivity index (χ4n) is 1.70. The van der Waals surface area contributed by atoms with Crippen molar-refractivity contribution >= 4 is 5.76 Å². The summed E-state index contributed by atoms with van der Waals surface area (Å²) in [6.45, 7) is 0.844. The van der Waals surface area contributed by atoms with Gasteiger partial charge in [-0.1, -0.05) is 48.5 Å². The third-order valence-corrected chi connectivity index (χ3v) is 2.67. The Kier molecular flexibility index (Phi) is 4.76. The number of para-hydroxylation sites is 1. The number of rotatable bonds is 5. The number of ether oxygens (including phenoxy) is 1. The molecular formula is C17H19NO. The Morgan fingerprint density at radius 1 is 0.947 bits per heavy atom. The lowest BCUT2D eigenvalue weighted by molar-refractivity contribution is 0.448. The monoisotopic (exact) mass is 253 g/mol. The first-order valence-corrected chi connectivity index (χ1v) is 6.39. The molecule has 0 unspecified atom stereocenters. The van der Waals surface area contributed by atoms with Gasteiger partial charge >= 0.3 is 0 Å². The van der Waals surface area contributed by atoms with Gasteiger partial charge in [0.25, 0.3) is 0 Å². The van der Waals surface area contributed by atoms with Crippen LogP contribution in [0.5, 0.6) is 5.75 Å². The molecule has 0 aliphatic rings. The zero-order valence-electron chi connectivity index (χ0n) is 11.4. The van der Waals surface area contributed by atoms with E-state index in [0.29, 0.717) is 0 Å². The van der Waals surface area contributed by atoms with E-state index in [9.17, 15) is 0 Å². The second kappa shape index (κ2) is 6.76. The van der Waals surface area contributed by atoms with Crippen LogP contribution in [0, 0.1) is 0 Å². The summed E-state index contributed by atoms with van der Waals surface area (Å²) in [4.78, 5) is 2.11. The second-order valence-corrected chi connectivity index (χ2v) is 4.61. The Morgan fingerprint density at radius 3 is 2.11 bits per heavy atom. The molecule has 19 heavy (non-hydrogen) atoms. The molecule has 2 aromatic carbocycles. The number of benzene rings is 2. The van der Waals surface area contributed by atoms with Crippen molar-refractivity contribution in [2.45, 2.75) is 0 Å². The summed E-state index contributed by atoms with van der Waals surface area (Å²) in [7, 11) is 4.09. The normalized spacial score (nSPS) is 11.6. The van der Waals surface area contributed by atoms with Gasteiger partial charge in [0.05, 0.1) is 0 Å². The van der Waals surface area contributed by atoms with Gasteiger partial charge in [-0.05, 0) is 32.3 Å². The first-order chi connectivity index (χ1) is 9.25. The Balaban J connectivity index is 2.22. The summed E-state index contributed by atoms with van der Waals surface area (Å²) in [5.41, 5.74) is 1.09. The topological polar surface area (TPSA) is 12.5 Å². The highest BCUT2D eigenvalue weighted by molar-refractivity contribution is 5.62. The van der Waals surface area contributed by atoms with E-state index in [1.807, 2.05) is 62.6 Å². The average molecular weight is 253 g/mol. The van der Waals surface area contributed by atoms with E-state index in [4.69, 9.17) is 4.74 Å². The third kappa shape index (κ3) is 4.27. The highest BCUT2D eigenvalue weighted by Gasteiger charge is 2.04. The molecular weight excluding hydrogens is 234 g/mol. The van der Waals surface area contributed by atoms with Crippen LogP contribution >= 0.6 is 0 Å². The van der Waals surface area contributed by atoms with Crippen molar-refractivity contribution in [3.8, 4) is 5.75 Å². The van der Waals surface area contributed by atoms with Crippen LogP contribution in [0.4, 0.5) is 0 Å². The molecule has 0 amide bonds. The minimum atomic E-state index is 0.844. The van der Waals surface area contributed by atoms with E-state index in [0.717, 1.165) is 23.6 Å². The average Bonchev–Trinajstić information content (AvgIpc) is 2.45. The molecule has 0 saturated carbocycles. The zero-order valence-corrected chi connectivity index (χ0v) is 11.4. The number of hydrogen-bond donors (Lipinski definition) is 0. The summed E-state index contributed by atoms with van der Waals surface area (Å²) in [5, 5.41) is 0. The zero-order chi connectivity index (χ0) is 13.5. The molecule has 0 aliphatic carbocycles. The fourth-order valence-corrected chi connectivity index (χ4v) is 1.70. The lowest BCUT2D eigenvalue weighted by Crippen LogP contribution is -2.12. The van der Waals surface area contributed by atoms with E-state index < -0.39 is 0 Å². The molecule has 2 nitrogen and oxygen atoms in total. The van der Waals surface area contributed by atoms with E-state index in [1.165, 1.54) is 0 Å². The lowest BCUT2D eigenvalue weighted by Gasteiger charge is -2.12. The smallest absolute Gasteiger partial charge is 0.131 e. The van der Waals surface area contributed by atoms with Gasteiger partial charge in [-0.15, -0.1) is 0 Å². The molecule has 0 N–H and O–H groups in total. The van der Waals surface area contributed by atoms with E-state index in [2.05, 4.69) is 23.1 Å². The van der Waals surface area contributed by atoms with Gasteiger partial charge in [0.15, 0.2) is 0 Å². The van der Waals surface area contributed by atoms with Crippen molar-refractivity contribution in [1.82, 2.24) is 4.90 Å². The highest BCUT2D eigenvalue weighted by atomic mass is 16.5. The third-order valence-electron chi connectivity index (χ3n) is 2.67. The summed E-state index contributed by atoms with van der Waals surface area (Å²) < 4.78 is 5.99. The number of nitrogens with zero attached hydrogens (tertiary/aromatic N) is 1. The molecule has 0 heterocycles. The maximum Gasteiger partial charge on any atom is 0.131 e. The first kappa shape index (κ1) is 13.4. The van der Waals surface area contributed by atoms with Crippen molar-refractivity contribution < 1.29 is 4.74 Å². The molecule has 0 radical (unpaired) electrons. The van der Waals surface area contributed by atoms with Crippen LogP contribution in [0.25, 0.3) is 5.76 Å². The lowest BCUT2D eigenvalue weighted by atomic mass is 10.2. The fraction of sp³-hybridized carbons (Fsp3) is 0.176. The summed E-state index contributed by atoms with van der Waals surface area (Å²) in [6, 6.07) is 20.0. The van der Waals surface area contributed by atoms with Crippen molar-refractivity contribution in [3.05, 3.63) is 72.3 Å². The van der Waals surface area contributed by atoms with Crippen LogP contribution < -0.4 is 4.74 Å². The van der Waals surface area contributed by atoms with Crippen molar-refractivity contribution in [2.24, 2.45) is 0 Å². The summed E-state index contributed by atoms with van der Waals surface area (Å²) in [6.07, 6.45) is 2.10. The minimum absolute atomic E-state index is 0.844. The van der Waals surface area contributed by atoms with Gasteiger partial charge in [0.1, 0.15) is 11.5 Å². The minimum Gasteiger partial charge on any atom is -0.457 e. The molecule has 0 bridgehead atoms. The maximum atomic E-state index is 5.99. The molecule has 0 spiro atoms. The Morgan fingerprint density at radius 2 is 1.53 bits per heavy atom. The Labute approximate surface area is 114 Å². The van der Waals surface area contributed by atoms with Gasteiger partial charge < -0.3 is 9.64 Å². The van der Waals surface area contributed by atoms with Crippen LogP contribution in [0.3, 0.4) is 0 Å². The van der Waals surface area contributed by atoms with Crippen LogP contribution in [-0.4, -0.2) is 25.5 Å². The van der Waals surface area contributed by atoms with Crippen molar-refractivity contribution in [2.75, 3.05) is 20.6 Å². The summed E-state index contributed by atoms with van der Waals surface area (Å²) >= 11 is 0. The number of hydrogen-bond acceptors (Lipinski definition) is 2. The predicted molar refractivity (Wildman–Crippen MR) is 80.0 cm³/mol. The molecule has 0 saturated heterocycles. The SMILES string of the molecule is CN(C)CC=C(Oc1ccccc1)c1ccccc1. The van der Waals surface area contributed by atoms with Gasteiger partial charge in [-0.25, -0.2) is 0 Å². The van der Waals surface area contributed by atoms with Gasteiger partial charge in [0, 0.05) is 12.1 Å². The number of likely N-dealkylation sites (N-methyl/N-ethyl adjacent to an activating group) is 1. The molecule has 0 atom stereocenters. The molecule has 2 rings (SSSR count). The van der Waals surface area contributed by atoms with Crippen LogP contribution in [-0.2, 0) is 0 Å². The predicted octanol–water partition coefficient (Wildman–Crippen LogP) is 3.67. The van der Waals surface area contributed by atoms with Crippen LogP contribution in [0.2, 0.25) is 0 Å². The largest absolute Gasteiger partial charge is 0.457 e. The van der Waals surface area contributed by atoms with Gasteiger partial charge in [-0.2, -0.15) is 0 Å². The van der Waals surface area contributed by atoms with Crippen LogP contribution in [0.15, 0.2) is 66.7 Å². The second-order valence-electron chi connectivity index (χ2n) is 4.61. The van der Waals surface area contributed by atoms with Gasteiger partial charge in [-0.3, -0.25) is 0 Å².